The van der Waals surface area contributed by atoms with Crippen molar-refractivity contribution in [3.8, 4) is 0 Å². The third kappa shape index (κ3) is 6.87. The summed E-state index contributed by atoms with van der Waals surface area (Å²) in [6.07, 6.45) is -0.838. The van der Waals surface area contributed by atoms with E-state index in [-0.39, 0.29) is 25.0 Å². The van der Waals surface area contributed by atoms with Gasteiger partial charge in [-0.2, -0.15) is 0 Å². The van der Waals surface area contributed by atoms with Crippen LogP contribution >= 0.6 is 0 Å². The Balaban J connectivity index is 2.49. The molecule has 3 atom stereocenters. The Morgan fingerprint density at radius 1 is 1.10 bits per heavy atom. The molecule has 0 aromatic carbocycles. The van der Waals surface area contributed by atoms with Gasteiger partial charge in [-0.05, 0) is 12.8 Å². The van der Waals surface area contributed by atoms with Crippen LogP contribution in [0.15, 0.2) is 12.4 Å². The fourth-order valence-electron chi connectivity index (χ4n) is 1.66. The van der Waals surface area contributed by atoms with Gasteiger partial charge in [0, 0.05) is 19.0 Å². The van der Waals surface area contributed by atoms with Gasteiger partial charge < -0.3 is 36.4 Å². The molecule has 21 heavy (non-hydrogen) atoms. The highest BCUT2D eigenvalue weighted by atomic mass is 16.7. The average Bonchev–Trinajstić information content (AvgIpc) is 2.37. The maximum absolute atomic E-state index is 9.79. The van der Waals surface area contributed by atoms with Crippen molar-refractivity contribution in [1.82, 2.24) is 9.97 Å². The molecule has 8 N–H and O–H groups in total. The molecule has 9 heteroatoms. The number of hydrogen-bond donors (Lipinski definition) is 7. The summed E-state index contributed by atoms with van der Waals surface area (Å²) < 4.78 is 0. The Hall–Kier alpha value is -1.20. The molecule has 3 unspecified atom stereocenters. The fraction of sp³-hybridized carbons (Fsp3) is 0.667. The Labute approximate surface area is 121 Å². The van der Waals surface area contributed by atoms with Crippen molar-refractivity contribution >= 4 is 0 Å². The zero-order valence-corrected chi connectivity index (χ0v) is 11.4. The number of nitrogens with zero attached hydrogens (tertiary/aromatic N) is 2. The van der Waals surface area contributed by atoms with Crippen molar-refractivity contribution in [3.05, 3.63) is 23.8 Å². The van der Waals surface area contributed by atoms with Crippen LogP contribution in [0.25, 0.3) is 0 Å². The van der Waals surface area contributed by atoms with E-state index >= 15 is 0 Å². The van der Waals surface area contributed by atoms with Gasteiger partial charge in [-0.3, -0.25) is 9.97 Å². The topological polar surface area (TPSA) is 173 Å². The van der Waals surface area contributed by atoms with Gasteiger partial charge in [-0.1, -0.05) is 0 Å². The first-order valence-corrected chi connectivity index (χ1v) is 6.47. The van der Waals surface area contributed by atoms with E-state index in [0.717, 1.165) is 0 Å². The number of rotatable bonds is 8. The largest absolute Gasteiger partial charge is 0.389 e. The van der Waals surface area contributed by atoms with E-state index in [1.807, 2.05) is 0 Å². The maximum Gasteiger partial charge on any atom is 0.275 e. The van der Waals surface area contributed by atoms with Gasteiger partial charge in [0.1, 0.15) is 12.3 Å². The van der Waals surface area contributed by atoms with Crippen LogP contribution in [-0.4, -0.2) is 58.9 Å². The molecule has 1 aromatic rings. The second kappa shape index (κ2) is 7.71. The molecule has 0 aliphatic heterocycles. The summed E-state index contributed by atoms with van der Waals surface area (Å²) in [4.78, 5) is 8.00. The summed E-state index contributed by atoms with van der Waals surface area (Å²) >= 11 is 0. The van der Waals surface area contributed by atoms with Gasteiger partial charge in [0.05, 0.1) is 23.7 Å². The Bertz CT molecular complexity index is 420. The number of aliphatic hydroxyl groups excluding tert-OH is 3. The predicted molar refractivity (Wildman–Crippen MR) is 70.1 cm³/mol. The molecular formula is C12H21N3O6. The normalized spacial score (nSPS) is 16.5. The van der Waals surface area contributed by atoms with Crippen LogP contribution in [0.1, 0.15) is 36.8 Å². The highest BCUT2D eigenvalue weighted by Crippen LogP contribution is 2.16. The lowest BCUT2D eigenvalue weighted by Gasteiger charge is -2.17. The predicted octanol–water partition coefficient (Wildman–Crippen LogP) is -2.51. The van der Waals surface area contributed by atoms with Crippen molar-refractivity contribution in [2.45, 2.75) is 50.1 Å². The quantitative estimate of drug-likeness (QED) is 0.256. The lowest BCUT2D eigenvalue weighted by atomic mass is 10.1. The van der Waals surface area contributed by atoms with Gasteiger partial charge in [0.25, 0.3) is 5.97 Å². The number of hydrogen-bond acceptors (Lipinski definition) is 9. The van der Waals surface area contributed by atoms with Crippen LogP contribution in [0.5, 0.6) is 0 Å². The van der Waals surface area contributed by atoms with E-state index in [9.17, 15) is 10.2 Å². The maximum atomic E-state index is 9.79. The highest BCUT2D eigenvalue weighted by molar-refractivity contribution is 5.05. The summed E-state index contributed by atoms with van der Waals surface area (Å²) in [6.45, 7) is 0. The van der Waals surface area contributed by atoms with E-state index in [1.54, 1.807) is 0 Å². The third-order valence-electron chi connectivity index (χ3n) is 2.87. The first-order valence-electron chi connectivity index (χ1n) is 6.47. The molecular weight excluding hydrogens is 282 g/mol. The summed E-state index contributed by atoms with van der Waals surface area (Å²) in [6, 6.07) is 0. The molecule has 120 valence electrons. The van der Waals surface area contributed by atoms with E-state index in [4.69, 9.17) is 26.2 Å². The molecule has 0 bridgehead atoms. The van der Waals surface area contributed by atoms with E-state index in [0.29, 0.717) is 12.1 Å². The number of aromatic nitrogens is 2. The minimum absolute atomic E-state index is 0.173. The van der Waals surface area contributed by atoms with Crippen LogP contribution in [0.4, 0.5) is 0 Å². The van der Waals surface area contributed by atoms with Crippen molar-refractivity contribution in [2.75, 3.05) is 0 Å². The van der Waals surface area contributed by atoms with Crippen LogP contribution in [0.2, 0.25) is 0 Å². The first-order chi connectivity index (χ1) is 9.69. The SMILES string of the molecule is NC(O)C(O)CC(O)c1cnc(CCCC(O)(O)O)cn1. The average molecular weight is 303 g/mol. The van der Waals surface area contributed by atoms with Gasteiger partial charge in [0.15, 0.2) is 0 Å². The molecule has 0 aliphatic carbocycles. The van der Waals surface area contributed by atoms with Gasteiger partial charge in [-0.25, -0.2) is 0 Å². The minimum Gasteiger partial charge on any atom is -0.389 e. The van der Waals surface area contributed by atoms with E-state index < -0.39 is 24.4 Å². The highest BCUT2D eigenvalue weighted by Gasteiger charge is 2.20. The lowest BCUT2D eigenvalue weighted by molar-refractivity contribution is -0.314. The van der Waals surface area contributed by atoms with Crippen LogP contribution in [-0.2, 0) is 6.42 Å². The van der Waals surface area contributed by atoms with Crippen LogP contribution < -0.4 is 5.73 Å². The molecule has 1 rings (SSSR count). The summed E-state index contributed by atoms with van der Waals surface area (Å²) in [7, 11) is 0. The molecule has 0 aliphatic rings. The van der Waals surface area contributed by atoms with Gasteiger partial charge in [0.2, 0.25) is 0 Å². The molecule has 0 fully saturated rings. The molecule has 1 aromatic heterocycles. The second-order valence-electron chi connectivity index (χ2n) is 4.87. The molecule has 0 saturated heterocycles. The Morgan fingerprint density at radius 3 is 2.24 bits per heavy atom. The van der Waals surface area contributed by atoms with E-state index in [1.165, 1.54) is 12.4 Å². The minimum atomic E-state index is -2.69. The molecule has 0 amide bonds. The van der Waals surface area contributed by atoms with Gasteiger partial charge >= 0.3 is 0 Å². The summed E-state index contributed by atoms with van der Waals surface area (Å²) in [5.74, 6) is -2.69. The third-order valence-corrected chi connectivity index (χ3v) is 2.87. The lowest BCUT2D eigenvalue weighted by Crippen LogP contribution is -2.35. The molecule has 0 saturated carbocycles. The number of nitrogens with two attached hydrogens (primary N) is 1. The zero-order valence-electron chi connectivity index (χ0n) is 11.4. The Morgan fingerprint density at radius 2 is 1.76 bits per heavy atom. The first kappa shape index (κ1) is 17.9. The smallest absolute Gasteiger partial charge is 0.275 e. The second-order valence-corrected chi connectivity index (χ2v) is 4.87. The Kier molecular flexibility index (Phi) is 6.55. The van der Waals surface area contributed by atoms with Crippen molar-refractivity contribution in [2.24, 2.45) is 5.73 Å². The number of aryl methyl sites for hydroxylation is 1. The molecule has 0 radical (unpaired) electrons. The van der Waals surface area contributed by atoms with Gasteiger partial charge in [-0.15, -0.1) is 0 Å². The summed E-state index contributed by atoms with van der Waals surface area (Å²) in [5.41, 5.74) is 5.85. The van der Waals surface area contributed by atoms with Crippen LogP contribution in [0, 0.1) is 0 Å². The molecule has 1 heterocycles. The number of aliphatic hydroxyl groups is 6. The van der Waals surface area contributed by atoms with Crippen molar-refractivity contribution in [1.29, 1.82) is 0 Å². The van der Waals surface area contributed by atoms with E-state index in [2.05, 4.69) is 9.97 Å². The zero-order chi connectivity index (χ0) is 16.0. The molecule has 0 spiro atoms. The van der Waals surface area contributed by atoms with Crippen LogP contribution in [0.3, 0.4) is 0 Å². The van der Waals surface area contributed by atoms with Crippen molar-refractivity contribution in [3.63, 3.8) is 0 Å². The van der Waals surface area contributed by atoms with Crippen molar-refractivity contribution < 1.29 is 30.6 Å². The summed E-state index contributed by atoms with van der Waals surface area (Å²) in [5, 5.41) is 54.3. The monoisotopic (exact) mass is 303 g/mol. The molecule has 9 nitrogen and oxygen atoms in total. The standard InChI is InChI=1S/C12H21N3O6/c13-11(18)10(17)4-9(16)8-6-14-7(5-15-8)2-1-3-12(19,20)21/h5-6,9-11,16-21H,1-4,13H2. The fourth-order valence-corrected chi connectivity index (χ4v) is 1.66.